The first-order valence-electron chi connectivity index (χ1n) is 11.2. The highest BCUT2D eigenvalue weighted by molar-refractivity contribution is 5.92. The maximum Gasteiger partial charge on any atom is 0.221 e. The number of imidazole rings is 1. The van der Waals surface area contributed by atoms with Gasteiger partial charge in [0, 0.05) is 42.6 Å². The van der Waals surface area contributed by atoms with Gasteiger partial charge in [0.1, 0.15) is 17.7 Å². The Morgan fingerprint density at radius 2 is 1.88 bits per heavy atom. The van der Waals surface area contributed by atoms with Crippen molar-refractivity contribution < 1.29 is 9.18 Å². The van der Waals surface area contributed by atoms with Crippen molar-refractivity contribution in [2.24, 2.45) is 7.05 Å². The number of amides is 1. The SMILES string of the molecule is Cc1nc2c3ccccc3nn2c(C)c1CCC(=O)NC(c1ccc(F)cc1)c1nccn1C. The summed E-state index contributed by atoms with van der Waals surface area (Å²) >= 11 is 0. The molecule has 7 nitrogen and oxygen atoms in total. The van der Waals surface area contributed by atoms with Crippen LogP contribution in [0.5, 0.6) is 0 Å². The molecule has 8 heteroatoms. The summed E-state index contributed by atoms with van der Waals surface area (Å²) in [6.07, 6.45) is 4.30. The lowest BCUT2D eigenvalue weighted by atomic mass is 10.0. The average Bonchev–Trinajstić information content (AvgIpc) is 3.41. The molecule has 1 unspecified atom stereocenters. The fourth-order valence-electron chi connectivity index (χ4n) is 4.42. The van der Waals surface area contributed by atoms with Crippen molar-refractivity contribution in [2.45, 2.75) is 32.7 Å². The van der Waals surface area contributed by atoms with Crippen molar-refractivity contribution >= 4 is 22.5 Å². The molecule has 0 saturated heterocycles. The van der Waals surface area contributed by atoms with E-state index < -0.39 is 6.04 Å². The molecule has 1 atom stereocenters. The molecular formula is C26H25FN6O. The molecular weight excluding hydrogens is 431 g/mol. The third-order valence-electron chi connectivity index (χ3n) is 6.25. The molecule has 0 radical (unpaired) electrons. The van der Waals surface area contributed by atoms with Gasteiger partial charge in [-0.05, 0) is 55.7 Å². The number of hydrogen-bond acceptors (Lipinski definition) is 4. The minimum absolute atomic E-state index is 0.123. The summed E-state index contributed by atoms with van der Waals surface area (Å²) in [6.45, 7) is 3.98. The molecule has 0 fully saturated rings. The lowest BCUT2D eigenvalue weighted by molar-refractivity contribution is -0.121. The topological polar surface area (TPSA) is 77.1 Å². The molecule has 3 heterocycles. The highest BCUT2D eigenvalue weighted by Gasteiger charge is 2.22. The number of carbonyl (C=O) groups excluding carboxylic acids is 1. The van der Waals surface area contributed by atoms with E-state index in [9.17, 15) is 9.18 Å². The van der Waals surface area contributed by atoms with Crippen molar-refractivity contribution in [3.05, 3.63) is 95.1 Å². The molecule has 0 bridgehead atoms. The van der Waals surface area contributed by atoms with Gasteiger partial charge in [0.2, 0.25) is 5.91 Å². The number of rotatable bonds is 6. The Hall–Kier alpha value is -4.07. The number of nitrogens with one attached hydrogen (secondary N) is 1. The van der Waals surface area contributed by atoms with E-state index in [-0.39, 0.29) is 18.1 Å². The summed E-state index contributed by atoms with van der Waals surface area (Å²) in [6, 6.07) is 13.6. The molecule has 5 aromatic rings. The number of aromatic nitrogens is 5. The van der Waals surface area contributed by atoms with E-state index in [1.807, 2.05) is 60.4 Å². The lowest BCUT2D eigenvalue weighted by Gasteiger charge is -2.19. The van der Waals surface area contributed by atoms with Crippen LogP contribution in [0.2, 0.25) is 0 Å². The van der Waals surface area contributed by atoms with E-state index in [0.717, 1.165) is 39.1 Å². The number of nitrogens with zero attached hydrogens (tertiary/aromatic N) is 5. The van der Waals surface area contributed by atoms with Gasteiger partial charge in [0.15, 0.2) is 5.65 Å². The largest absolute Gasteiger partial charge is 0.342 e. The van der Waals surface area contributed by atoms with E-state index in [1.54, 1.807) is 18.3 Å². The Kier molecular flexibility index (Phi) is 5.57. The van der Waals surface area contributed by atoms with Crippen molar-refractivity contribution in [1.82, 2.24) is 29.5 Å². The first-order valence-corrected chi connectivity index (χ1v) is 11.2. The number of aryl methyl sites for hydroxylation is 3. The second-order valence-corrected chi connectivity index (χ2v) is 8.46. The van der Waals surface area contributed by atoms with Crippen LogP contribution < -0.4 is 5.32 Å². The van der Waals surface area contributed by atoms with Gasteiger partial charge < -0.3 is 9.88 Å². The maximum atomic E-state index is 13.5. The quantitative estimate of drug-likeness (QED) is 0.415. The average molecular weight is 457 g/mol. The highest BCUT2D eigenvalue weighted by Crippen LogP contribution is 2.24. The van der Waals surface area contributed by atoms with E-state index in [4.69, 9.17) is 10.1 Å². The molecule has 0 aliphatic carbocycles. The van der Waals surface area contributed by atoms with E-state index in [0.29, 0.717) is 12.2 Å². The summed E-state index contributed by atoms with van der Waals surface area (Å²) < 4.78 is 17.2. The maximum absolute atomic E-state index is 13.5. The van der Waals surface area contributed by atoms with Crippen LogP contribution in [0, 0.1) is 19.7 Å². The van der Waals surface area contributed by atoms with Gasteiger partial charge in [-0.25, -0.2) is 18.9 Å². The summed E-state index contributed by atoms with van der Waals surface area (Å²) in [5.41, 5.74) is 5.36. The van der Waals surface area contributed by atoms with Crippen molar-refractivity contribution in [3.8, 4) is 0 Å². The molecule has 5 rings (SSSR count). The fourth-order valence-corrected chi connectivity index (χ4v) is 4.42. The predicted octanol–water partition coefficient (Wildman–Crippen LogP) is 4.21. The smallest absolute Gasteiger partial charge is 0.221 e. The normalized spacial score (nSPS) is 12.4. The Balaban J connectivity index is 1.39. The summed E-state index contributed by atoms with van der Waals surface area (Å²) in [4.78, 5) is 22.2. The van der Waals surface area contributed by atoms with Gasteiger partial charge in [-0.2, -0.15) is 5.10 Å². The van der Waals surface area contributed by atoms with Crippen molar-refractivity contribution in [1.29, 1.82) is 0 Å². The van der Waals surface area contributed by atoms with Gasteiger partial charge >= 0.3 is 0 Å². The molecule has 0 spiro atoms. The third-order valence-corrected chi connectivity index (χ3v) is 6.25. The van der Waals surface area contributed by atoms with Gasteiger partial charge in [-0.3, -0.25) is 4.79 Å². The lowest BCUT2D eigenvalue weighted by Crippen LogP contribution is -2.31. The second kappa shape index (κ2) is 8.70. The number of carbonyl (C=O) groups is 1. The van der Waals surface area contributed by atoms with Gasteiger partial charge in [-0.1, -0.05) is 24.3 Å². The molecule has 1 N–H and O–H groups in total. The molecule has 1 amide bonds. The van der Waals surface area contributed by atoms with Crippen molar-refractivity contribution in [3.63, 3.8) is 0 Å². The zero-order chi connectivity index (χ0) is 23.8. The molecule has 34 heavy (non-hydrogen) atoms. The second-order valence-electron chi connectivity index (χ2n) is 8.46. The van der Waals surface area contributed by atoms with E-state index >= 15 is 0 Å². The van der Waals surface area contributed by atoms with Crippen LogP contribution in [0.4, 0.5) is 4.39 Å². The number of fused-ring (bicyclic) bond motifs is 3. The van der Waals surface area contributed by atoms with Gasteiger partial charge in [-0.15, -0.1) is 0 Å². The van der Waals surface area contributed by atoms with Crippen molar-refractivity contribution in [2.75, 3.05) is 0 Å². The van der Waals surface area contributed by atoms with Crippen LogP contribution in [0.15, 0.2) is 60.9 Å². The van der Waals surface area contributed by atoms with Crippen LogP contribution in [-0.4, -0.2) is 30.1 Å². The van der Waals surface area contributed by atoms with E-state index in [2.05, 4.69) is 10.3 Å². The summed E-state index contributed by atoms with van der Waals surface area (Å²) in [5.74, 6) is 0.231. The Morgan fingerprint density at radius 1 is 1.12 bits per heavy atom. The van der Waals surface area contributed by atoms with Crippen LogP contribution in [0.3, 0.4) is 0 Å². The minimum atomic E-state index is -0.479. The van der Waals surface area contributed by atoms with Crippen LogP contribution >= 0.6 is 0 Å². The number of benzene rings is 2. The number of halogens is 1. The number of hydrogen-bond donors (Lipinski definition) is 1. The predicted molar refractivity (Wildman–Crippen MR) is 128 cm³/mol. The molecule has 0 aliphatic heterocycles. The Bertz CT molecular complexity index is 1500. The highest BCUT2D eigenvalue weighted by atomic mass is 19.1. The first-order chi connectivity index (χ1) is 16.4. The zero-order valence-electron chi connectivity index (χ0n) is 19.3. The molecule has 0 aliphatic rings. The van der Waals surface area contributed by atoms with Gasteiger partial charge in [0.25, 0.3) is 0 Å². The molecule has 2 aromatic carbocycles. The zero-order valence-corrected chi connectivity index (χ0v) is 19.3. The molecule has 3 aromatic heterocycles. The fraction of sp³-hybridized carbons (Fsp3) is 0.231. The first kappa shape index (κ1) is 21.8. The monoisotopic (exact) mass is 456 g/mol. The summed E-state index contributed by atoms with van der Waals surface area (Å²) in [7, 11) is 1.87. The molecule has 172 valence electrons. The standard InChI is InChI=1S/C26H25FN6O/c1-16-20(17(2)33-25(29-16)21-6-4-5-7-22(21)31-33)12-13-23(34)30-24(26-28-14-15-32(26)3)18-8-10-19(27)11-9-18/h4-11,14-15,24H,12-13H2,1-3H3,(H,30,34). The van der Waals surface area contributed by atoms with Crippen LogP contribution in [-0.2, 0) is 18.3 Å². The van der Waals surface area contributed by atoms with E-state index in [1.165, 1.54) is 12.1 Å². The third kappa shape index (κ3) is 3.91. The Labute approximate surface area is 196 Å². The van der Waals surface area contributed by atoms with Crippen LogP contribution in [0.1, 0.15) is 40.8 Å². The summed E-state index contributed by atoms with van der Waals surface area (Å²) in [5, 5.41) is 8.78. The molecule has 0 saturated carbocycles. The van der Waals surface area contributed by atoms with Crippen LogP contribution in [0.25, 0.3) is 16.6 Å². The minimum Gasteiger partial charge on any atom is -0.342 e. The van der Waals surface area contributed by atoms with Gasteiger partial charge in [0.05, 0.1) is 5.52 Å². The Morgan fingerprint density at radius 3 is 2.62 bits per heavy atom.